The third-order valence-electron chi connectivity index (χ3n) is 3.69. The molecule has 2 heterocycles. The van der Waals surface area contributed by atoms with E-state index in [9.17, 15) is 0 Å². The van der Waals surface area contributed by atoms with Gasteiger partial charge in [0.2, 0.25) is 0 Å². The molecule has 0 aromatic carbocycles. The molecule has 0 aromatic rings. The Bertz CT molecular complexity index is 272. The van der Waals surface area contributed by atoms with Crippen LogP contribution in [0.1, 0.15) is 13.8 Å². The normalized spacial score (nSPS) is 41.4. The molecule has 0 amide bonds. The lowest BCUT2D eigenvalue weighted by Gasteiger charge is -2.37. The highest BCUT2D eigenvalue weighted by atomic mass is 15.3. The molecule has 3 atom stereocenters. The molecule has 80 valence electrons. The Morgan fingerprint density at radius 3 is 2.86 bits per heavy atom. The zero-order chi connectivity index (χ0) is 10.5. The highest BCUT2D eigenvalue weighted by Gasteiger charge is 2.49. The summed E-state index contributed by atoms with van der Waals surface area (Å²) >= 11 is 0. The quantitative estimate of drug-likeness (QED) is 0.460. The maximum atomic E-state index is 5.96. The SMILES string of the molecule is CN1CC2C(N)N=C(N)NC2C1(C)C. The average molecular weight is 197 g/mol. The lowest BCUT2D eigenvalue weighted by molar-refractivity contribution is 0.193. The lowest BCUT2D eigenvalue weighted by Crippen LogP contribution is -2.60. The predicted octanol–water partition coefficient (Wildman–Crippen LogP) is -1.10. The van der Waals surface area contributed by atoms with Crippen LogP contribution in [0.15, 0.2) is 4.99 Å². The summed E-state index contributed by atoms with van der Waals surface area (Å²) in [5, 5.41) is 3.24. The first kappa shape index (κ1) is 9.73. The van der Waals surface area contributed by atoms with Crippen molar-refractivity contribution in [3.63, 3.8) is 0 Å². The monoisotopic (exact) mass is 197 g/mol. The van der Waals surface area contributed by atoms with Crippen LogP contribution < -0.4 is 16.8 Å². The number of hydrogen-bond acceptors (Lipinski definition) is 5. The van der Waals surface area contributed by atoms with Crippen LogP contribution in [-0.4, -0.2) is 42.2 Å². The van der Waals surface area contributed by atoms with Gasteiger partial charge in [-0.05, 0) is 20.9 Å². The molecule has 5 heteroatoms. The summed E-state index contributed by atoms with van der Waals surface area (Å²) < 4.78 is 0. The van der Waals surface area contributed by atoms with Crippen molar-refractivity contribution in [3.8, 4) is 0 Å². The molecule has 0 radical (unpaired) electrons. The largest absolute Gasteiger partial charge is 0.370 e. The fourth-order valence-corrected chi connectivity index (χ4v) is 2.46. The number of nitrogens with two attached hydrogens (primary N) is 2. The van der Waals surface area contributed by atoms with Gasteiger partial charge >= 0.3 is 0 Å². The minimum Gasteiger partial charge on any atom is -0.370 e. The van der Waals surface area contributed by atoms with Crippen LogP contribution in [0.5, 0.6) is 0 Å². The fraction of sp³-hybridized carbons (Fsp3) is 0.889. The Kier molecular flexibility index (Phi) is 1.97. The Morgan fingerprint density at radius 2 is 2.21 bits per heavy atom. The third kappa shape index (κ3) is 1.19. The molecule has 0 aromatic heterocycles. The van der Waals surface area contributed by atoms with Crippen molar-refractivity contribution in [2.24, 2.45) is 22.4 Å². The maximum Gasteiger partial charge on any atom is 0.190 e. The van der Waals surface area contributed by atoms with Crippen LogP contribution in [0, 0.1) is 5.92 Å². The summed E-state index contributed by atoms with van der Waals surface area (Å²) in [6, 6.07) is 0.306. The third-order valence-corrected chi connectivity index (χ3v) is 3.69. The smallest absolute Gasteiger partial charge is 0.190 e. The molecule has 5 N–H and O–H groups in total. The number of nitrogens with one attached hydrogen (secondary N) is 1. The molecule has 2 aliphatic heterocycles. The Morgan fingerprint density at radius 1 is 1.57 bits per heavy atom. The molecule has 0 bridgehead atoms. The highest BCUT2D eigenvalue weighted by molar-refractivity contribution is 5.79. The molecule has 2 aliphatic rings. The summed E-state index contributed by atoms with van der Waals surface area (Å²) in [6.45, 7) is 5.38. The van der Waals surface area contributed by atoms with Gasteiger partial charge in [0.15, 0.2) is 5.96 Å². The number of likely N-dealkylation sites (N-methyl/N-ethyl adjacent to an activating group) is 1. The van der Waals surface area contributed by atoms with E-state index in [0.29, 0.717) is 17.9 Å². The van der Waals surface area contributed by atoms with Crippen LogP contribution in [0.25, 0.3) is 0 Å². The summed E-state index contributed by atoms with van der Waals surface area (Å²) in [5.74, 6) is 0.837. The van der Waals surface area contributed by atoms with E-state index < -0.39 is 0 Å². The van der Waals surface area contributed by atoms with Crippen molar-refractivity contribution < 1.29 is 0 Å². The molecule has 14 heavy (non-hydrogen) atoms. The first-order valence-corrected chi connectivity index (χ1v) is 4.99. The van der Waals surface area contributed by atoms with Gasteiger partial charge in [-0.3, -0.25) is 4.90 Å². The number of guanidine groups is 1. The minimum atomic E-state index is -0.162. The zero-order valence-electron chi connectivity index (χ0n) is 8.99. The Balaban J connectivity index is 2.29. The van der Waals surface area contributed by atoms with Crippen LogP contribution in [0.3, 0.4) is 0 Å². The zero-order valence-corrected chi connectivity index (χ0v) is 8.99. The van der Waals surface area contributed by atoms with Gasteiger partial charge in [0.1, 0.15) is 6.17 Å². The predicted molar refractivity (Wildman–Crippen MR) is 56.7 cm³/mol. The number of nitrogens with zero attached hydrogens (tertiary/aromatic N) is 2. The molecular formula is C9H19N5. The van der Waals surface area contributed by atoms with E-state index in [1.165, 1.54) is 0 Å². The highest BCUT2D eigenvalue weighted by Crippen LogP contribution is 2.34. The van der Waals surface area contributed by atoms with E-state index >= 15 is 0 Å². The maximum absolute atomic E-state index is 5.96. The average Bonchev–Trinajstić information content (AvgIpc) is 2.28. The van der Waals surface area contributed by atoms with Gasteiger partial charge in [0.25, 0.3) is 0 Å². The first-order chi connectivity index (χ1) is 6.43. The molecule has 5 nitrogen and oxygen atoms in total. The van der Waals surface area contributed by atoms with E-state index in [-0.39, 0.29) is 11.7 Å². The lowest BCUT2D eigenvalue weighted by atomic mass is 9.87. The summed E-state index contributed by atoms with van der Waals surface area (Å²) in [5.41, 5.74) is 11.7. The van der Waals surface area contributed by atoms with Crippen LogP contribution in [-0.2, 0) is 0 Å². The van der Waals surface area contributed by atoms with Gasteiger partial charge in [-0.2, -0.15) is 0 Å². The summed E-state index contributed by atoms with van der Waals surface area (Å²) in [6.07, 6.45) is -0.162. The van der Waals surface area contributed by atoms with E-state index in [0.717, 1.165) is 6.54 Å². The van der Waals surface area contributed by atoms with Crippen molar-refractivity contribution in [1.29, 1.82) is 0 Å². The molecule has 1 fully saturated rings. The van der Waals surface area contributed by atoms with Gasteiger partial charge in [0.05, 0.1) is 6.04 Å². The van der Waals surface area contributed by atoms with E-state index in [1.807, 2.05) is 0 Å². The van der Waals surface area contributed by atoms with Crippen molar-refractivity contribution in [2.45, 2.75) is 31.6 Å². The topological polar surface area (TPSA) is 79.7 Å². The number of hydrogen-bond donors (Lipinski definition) is 3. The van der Waals surface area contributed by atoms with E-state index in [4.69, 9.17) is 11.5 Å². The molecule has 1 saturated heterocycles. The van der Waals surface area contributed by atoms with E-state index in [2.05, 4.69) is 36.1 Å². The molecule has 0 spiro atoms. The second-order valence-corrected chi connectivity index (χ2v) is 4.82. The van der Waals surface area contributed by atoms with Crippen molar-refractivity contribution in [2.75, 3.05) is 13.6 Å². The van der Waals surface area contributed by atoms with Gasteiger partial charge < -0.3 is 16.8 Å². The van der Waals surface area contributed by atoms with Crippen molar-refractivity contribution >= 4 is 5.96 Å². The standard InChI is InChI=1S/C9H19N5/c1-9(2)6-5(4-14(9)3)7(10)13-8(11)12-6/h5-7H,4,10H2,1-3H3,(H3,11,12,13). The molecule has 2 rings (SSSR count). The van der Waals surface area contributed by atoms with Crippen LogP contribution in [0.2, 0.25) is 0 Å². The van der Waals surface area contributed by atoms with Gasteiger partial charge in [-0.1, -0.05) is 0 Å². The van der Waals surface area contributed by atoms with Crippen LogP contribution >= 0.6 is 0 Å². The summed E-state index contributed by atoms with van der Waals surface area (Å²) in [4.78, 5) is 6.47. The van der Waals surface area contributed by atoms with E-state index in [1.54, 1.807) is 0 Å². The number of aliphatic imine (C=N–C) groups is 1. The summed E-state index contributed by atoms with van der Waals surface area (Å²) in [7, 11) is 2.11. The molecular weight excluding hydrogens is 178 g/mol. The molecule has 0 saturated carbocycles. The Labute approximate surface area is 84.5 Å². The fourth-order valence-electron chi connectivity index (χ4n) is 2.46. The van der Waals surface area contributed by atoms with Gasteiger partial charge in [-0.15, -0.1) is 0 Å². The molecule has 3 unspecified atom stereocenters. The second-order valence-electron chi connectivity index (χ2n) is 4.82. The first-order valence-electron chi connectivity index (χ1n) is 4.99. The van der Waals surface area contributed by atoms with Gasteiger partial charge in [-0.25, -0.2) is 4.99 Å². The number of fused-ring (bicyclic) bond motifs is 1. The Hall–Kier alpha value is -0.810. The molecule has 0 aliphatic carbocycles. The van der Waals surface area contributed by atoms with Crippen molar-refractivity contribution in [1.82, 2.24) is 10.2 Å². The minimum absolute atomic E-state index is 0.0862. The second kappa shape index (κ2) is 2.84. The van der Waals surface area contributed by atoms with Crippen molar-refractivity contribution in [3.05, 3.63) is 0 Å². The number of likely N-dealkylation sites (tertiary alicyclic amines) is 1. The van der Waals surface area contributed by atoms with Crippen LogP contribution in [0.4, 0.5) is 0 Å². The van der Waals surface area contributed by atoms with Gasteiger partial charge in [0, 0.05) is 18.0 Å². The number of rotatable bonds is 0.